The standard InChI is InChI=1S/C16H20O7/c1-2-13(17)21-8-7-16(15(20)23-10-11-9-22-11)6-4-3-5-12(16)14(18)19/h2-4,11-12H,1,5-10H2,(H,18,19). The average molecular weight is 324 g/mol. The Bertz CT molecular complexity index is 521. The molecule has 1 aliphatic carbocycles. The van der Waals surface area contributed by atoms with E-state index in [9.17, 15) is 19.5 Å². The van der Waals surface area contributed by atoms with E-state index in [0.717, 1.165) is 6.08 Å². The number of carbonyl (C=O) groups excluding carboxylic acids is 2. The zero-order chi connectivity index (χ0) is 16.9. The summed E-state index contributed by atoms with van der Waals surface area (Å²) in [5.74, 6) is -3.18. The van der Waals surface area contributed by atoms with Gasteiger partial charge in [-0.15, -0.1) is 0 Å². The lowest BCUT2D eigenvalue weighted by Gasteiger charge is -2.37. The smallest absolute Gasteiger partial charge is 0.330 e. The first-order valence-corrected chi connectivity index (χ1v) is 7.45. The van der Waals surface area contributed by atoms with Gasteiger partial charge in [-0.1, -0.05) is 18.7 Å². The van der Waals surface area contributed by atoms with Gasteiger partial charge in [0.2, 0.25) is 0 Å². The van der Waals surface area contributed by atoms with Gasteiger partial charge >= 0.3 is 17.9 Å². The maximum Gasteiger partial charge on any atom is 0.330 e. The van der Waals surface area contributed by atoms with Crippen LogP contribution < -0.4 is 0 Å². The quantitative estimate of drug-likeness (QED) is 0.308. The first-order chi connectivity index (χ1) is 11.0. The topological polar surface area (TPSA) is 102 Å². The number of ether oxygens (including phenoxy) is 3. The molecule has 1 N–H and O–H groups in total. The van der Waals surface area contributed by atoms with Crippen molar-refractivity contribution in [3.63, 3.8) is 0 Å². The van der Waals surface area contributed by atoms with E-state index in [1.165, 1.54) is 0 Å². The number of aliphatic carboxylic acids is 1. The number of carbonyl (C=O) groups is 3. The van der Waals surface area contributed by atoms with Crippen LogP contribution in [0, 0.1) is 11.3 Å². The Hall–Kier alpha value is -2.15. The predicted molar refractivity (Wildman–Crippen MR) is 78.4 cm³/mol. The number of allylic oxidation sites excluding steroid dienone is 2. The van der Waals surface area contributed by atoms with Gasteiger partial charge in [-0.3, -0.25) is 9.59 Å². The molecule has 0 radical (unpaired) electrons. The molecule has 7 nitrogen and oxygen atoms in total. The van der Waals surface area contributed by atoms with Crippen molar-refractivity contribution in [2.75, 3.05) is 19.8 Å². The molecule has 1 fully saturated rings. The summed E-state index contributed by atoms with van der Waals surface area (Å²) in [4.78, 5) is 35.3. The molecule has 3 unspecified atom stereocenters. The summed E-state index contributed by atoms with van der Waals surface area (Å²) in [6.07, 6.45) is 4.98. The molecule has 3 atom stereocenters. The van der Waals surface area contributed by atoms with Crippen LogP contribution in [0.2, 0.25) is 0 Å². The van der Waals surface area contributed by atoms with Gasteiger partial charge in [-0.25, -0.2) is 4.79 Å². The molecule has 23 heavy (non-hydrogen) atoms. The average Bonchev–Trinajstić information content (AvgIpc) is 3.36. The monoisotopic (exact) mass is 324 g/mol. The van der Waals surface area contributed by atoms with Gasteiger partial charge in [0.05, 0.1) is 24.5 Å². The molecule has 0 spiro atoms. The number of carboxylic acid groups (broad SMARTS) is 1. The molecule has 1 saturated heterocycles. The third-order valence-electron chi connectivity index (χ3n) is 4.15. The zero-order valence-corrected chi connectivity index (χ0v) is 12.7. The SMILES string of the molecule is C=CC(=O)OCCC1(C(=O)OCC2CO2)CC=CCC1C(=O)O. The van der Waals surface area contributed by atoms with Crippen molar-refractivity contribution in [3.8, 4) is 0 Å². The van der Waals surface area contributed by atoms with Crippen LogP contribution in [0.5, 0.6) is 0 Å². The van der Waals surface area contributed by atoms with Crippen LogP contribution in [0.3, 0.4) is 0 Å². The molecule has 0 aromatic heterocycles. The maximum absolute atomic E-state index is 12.6. The van der Waals surface area contributed by atoms with Crippen molar-refractivity contribution >= 4 is 17.9 Å². The Morgan fingerprint density at radius 1 is 1.35 bits per heavy atom. The molecular weight excluding hydrogens is 304 g/mol. The number of carboxylic acids is 1. The summed E-state index contributed by atoms with van der Waals surface area (Å²) < 4.78 is 15.2. The summed E-state index contributed by atoms with van der Waals surface area (Å²) in [6, 6.07) is 0. The number of hydrogen-bond acceptors (Lipinski definition) is 6. The van der Waals surface area contributed by atoms with Gasteiger partial charge < -0.3 is 19.3 Å². The molecule has 0 aromatic rings. The number of hydrogen-bond donors (Lipinski definition) is 1. The molecule has 2 rings (SSSR count). The van der Waals surface area contributed by atoms with E-state index in [-0.39, 0.29) is 38.6 Å². The first kappa shape index (κ1) is 17.2. The molecule has 2 aliphatic rings. The molecular formula is C16H20O7. The van der Waals surface area contributed by atoms with E-state index in [1.807, 2.05) is 0 Å². The zero-order valence-electron chi connectivity index (χ0n) is 12.7. The molecule has 1 heterocycles. The van der Waals surface area contributed by atoms with Crippen molar-refractivity contribution in [3.05, 3.63) is 24.8 Å². The lowest BCUT2D eigenvalue weighted by atomic mass is 9.66. The van der Waals surface area contributed by atoms with Crippen molar-refractivity contribution in [1.29, 1.82) is 0 Å². The Kier molecular flexibility index (Phi) is 5.54. The Morgan fingerprint density at radius 3 is 2.70 bits per heavy atom. The third kappa shape index (κ3) is 4.19. The van der Waals surface area contributed by atoms with Crippen molar-refractivity contribution in [1.82, 2.24) is 0 Å². The second-order valence-electron chi connectivity index (χ2n) is 5.63. The Labute approximate surface area is 133 Å². The van der Waals surface area contributed by atoms with E-state index in [1.54, 1.807) is 12.2 Å². The molecule has 1 aliphatic heterocycles. The minimum atomic E-state index is -1.24. The molecule has 126 valence electrons. The van der Waals surface area contributed by atoms with Crippen LogP contribution >= 0.6 is 0 Å². The van der Waals surface area contributed by atoms with Gasteiger partial charge in [-0.2, -0.15) is 0 Å². The van der Waals surface area contributed by atoms with Crippen LogP contribution in [0.4, 0.5) is 0 Å². The lowest BCUT2D eigenvalue weighted by molar-refractivity contribution is -0.170. The minimum absolute atomic E-state index is 0.0719. The minimum Gasteiger partial charge on any atom is -0.481 e. The summed E-state index contributed by atoms with van der Waals surface area (Å²) in [6.45, 7) is 3.88. The van der Waals surface area contributed by atoms with Crippen LogP contribution in [0.15, 0.2) is 24.8 Å². The van der Waals surface area contributed by atoms with Crippen molar-refractivity contribution in [2.45, 2.75) is 25.4 Å². The maximum atomic E-state index is 12.6. The van der Waals surface area contributed by atoms with Crippen LogP contribution in [0.1, 0.15) is 19.3 Å². The van der Waals surface area contributed by atoms with Crippen molar-refractivity contribution in [2.24, 2.45) is 11.3 Å². The van der Waals surface area contributed by atoms with E-state index in [2.05, 4.69) is 6.58 Å². The highest BCUT2D eigenvalue weighted by Crippen LogP contribution is 2.43. The lowest BCUT2D eigenvalue weighted by Crippen LogP contribution is -2.46. The summed E-state index contributed by atoms with van der Waals surface area (Å²) in [7, 11) is 0. The predicted octanol–water partition coefficient (Wildman–Crippen LogP) is 1.08. The number of rotatable bonds is 8. The molecule has 7 heteroatoms. The van der Waals surface area contributed by atoms with Gasteiger partial charge in [-0.05, 0) is 19.3 Å². The third-order valence-corrected chi connectivity index (χ3v) is 4.15. The molecule has 0 saturated carbocycles. The van der Waals surface area contributed by atoms with Crippen LogP contribution in [-0.2, 0) is 28.6 Å². The van der Waals surface area contributed by atoms with E-state index >= 15 is 0 Å². The van der Waals surface area contributed by atoms with Crippen molar-refractivity contribution < 1.29 is 33.7 Å². The van der Waals surface area contributed by atoms with Gasteiger partial charge in [0, 0.05) is 6.08 Å². The van der Waals surface area contributed by atoms with Crippen LogP contribution in [0.25, 0.3) is 0 Å². The highest BCUT2D eigenvalue weighted by atomic mass is 16.6. The summed E-state index contributed by atoms with van der Waals surface area (Å²) >= 11 is 0. The second kappa shape index (κ2) is 7.41. The summed E-state index contributed by atoms with van der Waals surface area (Å²) in [5, 5.41) is 9.48. The fourth-order valence-electron chi connectivity index (χ4n) is 2.70. The summed E-state index contributed by atoms with van der Waals surface area (Å²) in [5.41, 5.74) is -1.24. The van der Waals surface area contributed by atoms with E-state index < -0.39 is 29.2 Å². The fraction of sp³-hybridized carbons (Fsp3) is 0.562. The number of esters is 2. The highest BCUT2D eigenvalue weighted by molar-refractivity contribution is 5.85. The molecule has 0 aromatic carbocycles. The van der Waals surface area contributed by atoms with E-state index in [0.29, 0.717) is 6.61 Å². The second-order valence-corrected chi connectivity index (χ2v) is 5.63. The van der Waals surface area contributed by atoms with Gasteiger partial charge in [0.25, 0.3) is 0 Å². The normalized spacial score (nSPS) is 28.7. The Balaban J connectivity index is 2.11. The molecule has 0 bridgehead atoms. The highest BCUT2D eigenvalue weighted by Gasteiger charge is 2.50. The van der Waals surface area contributed by atoms with Crippen LogP contribution in [-0.4, -0.2) is 48.9 Å². The van der Waals surface area contributed by atoms with E-state index in [4.69, 9.17) is 14.2 Å². The first-order valence-electron chi connectivity index (χ1n) is 7.45. The molecule has 0 amide bonds. The number of epoxide rings is 1. The largest absolute Gasteiger partial charge is 0.481 e. The van der Waals surface area contributed by atoms with Gasteiger partial charge in [0.1, 0.15) is 12.7 Å². The Morgan fingerprint density at radius 2 is 2.09 bits per heavy atom. The fourth-order valence-corrected chi connectivity index (χ4v) is 2.70. The van der Waals surface area contributed by atoms with Gasteiger partial charge in [0.15, 0.2) is 0 Å².